The lowest BCUT2D eigenvalue weighted by Crippen LogP contribution is -2.70. The third-order valence-electron chi connectivity index (χ3n) is 6.10. The highest BCUT2D eigenvalue weighted by Crippen LogP contribution is 2.21. The Morgan fingerprint density at radius 2 is 1.75 bits per heavy atom. The molecule has 168 valence electrons. The Labute approximate surface area is 187 Å². The summed E-state index contributed by atoms with van der Waals surface area (Å²) in [7, 11) is 5.48. The fourth-order valence-corrected chi connectivity index (χ4v) is 4.21. The van der Waals surface area contributed by atoms with Crippen LogP contribution in [0, 0.1) is 0 Å². The Bertz CT molecular complexity index is 1000. The van der Waals surface area contributed by atoms with Gasteiger partial charge in [-0.2, -0.15) is 0 Å². The molecule has 0 spiro atoms. The van der Waals surface area contributed by atoms with Gasteiger partial charge in [0.15, 0.2) is 0 Å². The molecule has 4 rings (SSSR count). The van der Waals surface area contributed by atoms with Crippen LogP contribution in [0.25, 0.3) is 0 Å². The van der Waals surface area contributed by atoms with Gasteiger partial charge >= 0.3 is 0 Å². The zero-order valence-electron chi connectivity index (χ0n) is 18.6. The van der Waals surface area contributed by atoms with Crippen molar-refractivity contribution in [2.45, 2.75) is 18.5 Å². The van der Waals surface area contributed by atoms with E-state index in [1.165, 1.54) is 0 Å². The van der Waals surface area contributed by atoms with Crippen LogP contribution in [0.3, 0.4) is 0 Å². The van der Waals surface area contributed by atoms with Crippen LogP contribution < -0.4 is 15.0 Å². The van der Waals surface area contributed by atoms with Crippen molar-refractivity contribution in [1.82, 2.24) is 15.1 Å². The minimum Gasteiger partial charge on any atom is -0.497 e. The number of hydrogen-bond donors (Lipinski definition) is 1. The molecule has 0 saturated carbocycles. The molecule has 2 atom stereocenters. The molecule has 0 aliphatic carbocycles. The third-order valence-corrected chi connectivity index (χ3v) is 6.10. The van der Waals surface area contributed by atoms with Crippen LogP contribution in [0.4, 0.5) is 5.69 Å². The smallest absolute Gasteiger partial charge is 0.254 e. The zero-order chi connectivity index (χ0) is 22.8. The standard InChI is InChI=1S/C24H28N4O4/c1-26(2)18-8-6-17(7-9-18)23(30)27-12-13-28-21(15-27)22(29)25-20(24(28)31)14-16-4-10-19(32-3)11-5-16/h4-11,20-21H,12-15H2,1-3H3,(H,25,29). The van der Waals surface area contributed by atoms with Gasteiger partial charge in [0, 0.05) is 44.9 Å². The molecule has 1 N–H and O–H groups in total. The summed E-state index contributed by atoms with van der Waals surface area (Å²) in [5, 5.41) is 2.86. The Morgan fingerprint density at radius 3 is 2.38 bits per heavy atom. The summed E-state index contributed by atoms with van der Waals surface area (Å²) in [5.74, 6) is 0.289. The van der Waals surface area contributed by atoms with Gasteiger partial charge < -0.3 is 24.8 Å². The summed E-state index contributed by atoms with van der Waals surface area (Å²) in [6.45, 7) is 0.942. The molecule has 2 aromatic rings. The highest BCUT2D eigenvalue weighted by atomic mass is 16.5. The Kier molecular flexibility index (Phi) is 6.03. The normalized spacial score (nSPS) is 20.5. The minimum absolute atomic E-state index is 0.104. The molecule has 0 aromatic heterocycles. The summed E-state index contributed by atoms with van der Waals surface area (Å²) in [6, 6.07) is 13.6. The first-order valence-corrected chi connectivity index (χ1v) is 10.7. The summed E-state index contributed by atoms with van der Waals surface area (Å²) < 4.78 is 5.17. The second kappa shape index (κ2) is 8.90. The van der Waals surface area contributed by atoms with E-state index in [1.807, 2.05) is 55.4 Å². The van der Waals surface area contributed by atoms with Crippen molar-refractivity contribution < 1.29 is 19.1 Å². The van der Waals surface area contributed by atoms with Crippen LogP contribution in [0.1, 0.15) is 15.9 Å². The summed E-state index contributed by atoms with van der Waals surface area (Å²) in [6.07, 6.45) is 0.415. The molecule has 8 heteroatoms. The van der Waals surface area contributed by atoms with E-state index in [1.54, 1.807) is 29.0 Å². The molecule has 2 saturated heterocycles. The topological polar surface area (TPSA) is 82.2 Å². The fraction of sp³-hybridized carbons (Fsp3) is 0.375. The van der Waals surface area contributed by atoms with Crippen LogP contribution in [-0.4, -0.2) is 80.4 Å². The van der Waals surface area contributed by atoms with E-state index in [9.17, 15) is 14.4 Å². The van der Waals surface area contributed by atoms with Crippen molar-refractivity contribution in [3.63, 3.8) is 0 Å². The van der Waals surface area contributed by atoms with Crippen molar-refractivity contribution in [3.8, 4) is 5.75 Å². The first kappa shape index (κ1) is 21.7. The van der Waals surface area contributed by atoms with Gasteiger partial charge in [0.1, 0.15) is 17.8 Å². The van der Waals surface area contributed by atoms with Gasteiger partial charge in [-0.3, -0.25) is 14.4 Å². The number of nitrogens with zero attached hydrogens (tertiary/aromatic N) is 3. The average molecular weight is 437 g/mol. The minimum atomic E-state index is -0.659. The summed E-state index contributed by atoms with van der Waals surface area (Å²) >= 11 is 0. The Balaban J connectivity index is 1.42. The monoisotopic (exact) mass is 436 g/mol. The number of piperazine rings is 2. The van der Waals surface area contributed by atoms with E-state index in [-0.39, 0.29) is 24.3 Å². The van der Waals surface area contributed by atoms with Crippen molar-refractivity contribution >= 4 is 23.4 Å². The number of methoxy groups -OCH3 is 1. The average Bonchev–Trinajstić information content (AvgIpc) is 2.82. The number of nitrogens with one attached hydrogen (secondary N) is 1. The molecule has 2 aliphatic rings. The summed E-state index contributed by atoms with van der Waals surface area (Å²) in [4.78, 5) is 44.1. The van der Waals surface area contributed by atoms with E-state index < -0.39 is 12.1 Å². The number of fused-ring (bicyclic) bond motifs is 1. The molecule has 2 aliphatic heterocycles. The predicted molar refractivity (Wildman–Crippen MR) is 121 cm³/mol. The van der Waals surface area contributed by atoms with Gasteiger partial charge in [-0.25, -0.2) is 0 Å². The molecule has 32 heavy (non-hydrogen) atoms. The number of carbonyl (C=O) groups excluding carboxylic acids is 3. The van der Waals surface area contributed by atoms with Crippen molar-refractivity contribution in [1.29, 1.82) is 0 Å². The van der Waals surface area contributed by atoms with Gasteiger partial charge in [0.05, 0.1) is 13.7 Å². The number of hydrogen-bond acceptors (Lipinski definition) is 5. The molecule has 2 unspecified atom stereocenters. The lowest BCUT2D eigenvalue weighted by Gasteiger charge is -2.45. The summed E-state index contributed by atoms with van der Waals surface area (Å²) in [5.41, 5.74) is 2.52. The maximum atomic E-state index is 13.1. The van der Waals surface area contributed by atoms with Crippen LogP contribution >= 0.6 is 0 Å². The van der Waals surface area contributed by atoms with E-state index in [0.29, 0.717) is 25.1 Å². The van der Waals surface area contributed by atoms with E-state index in [2.05, 4.69) is 5.32 Å². The molecule has 8 nitrogen and oxygen atoms in total. The molecule has 2 fully saturated rings. The number of amides is 3. The molecule has 0 bridgehead atoms. The Morgan fingerprint density at radius 1 is 1.06 bits per heavy atom. The molecule has 0 radical (unpaired) electrons. The number of anilines is 1. The maximum absolute atomic E-state index is 13.1. The predicted octanol–water partition coefficient (Wildman–Crippen LogP) is 1.16. The van der Waals surface area contributed by atoms with Gasteiger partial charge in [0.2, 0.25) is 11.8 Å². The molecule has 2 aromatic carbocycles. The first-order valence-electron chi connectivity index (χ1n) is 10.7. The van der Waals surface area contributed by atoms with Gasteiger partial charge in [-0.15, -0.1) is 0 Å². The van der Waals surface area contributed by atoms with Gasteiger partial charge in [0.25, 0.3) is 5.91 Å². The quantitative estimate of drug-likeness (QED) is 0.761. The Hall–Kier alpha value is -3.55. The number of ether oxygens (including phenoxy) is 1. The lowest BCUT2D eigenvalue weighted by atomic mass is 9.98. The fourth-order valence-electron chi connectivity index (χ4n) is 4.21. The molecular weight excluding hydrogens is 408 g/mol. The maximum Gasteiger partial charge on any atom is 0.254 e. The second-order valence-electron chi connectivity index (χ2n) is 8.35. The SMILES string of the molecule is COc1ccc(CC2NC(=O)C3CN(C(=O)c4ccc(N(C)C)cc4)CCN3C2=O)cc1. The van der Waals surface area contributed by atoms with E-state index >= 15 is 0 Å². The lowest BCUT2D eigenvalue weighted by molar-refractivity contribution is -0.152. The van der Waals surface area contributed by atoms with Crippen LogP contribution in [0.15, 0.2) is 48.5 Å². The first-order chi connectivity index (χ1) is 15.4. The van der Waals surface area contributed by atoms with Crippen molar-refractivity contribution in [2.75, 3.05) is 45.7 Å². The zero-order valence-corrected chi connectivity index (χ0v) is 18.6. The van der Waals surface area contributed by atoms with Crippen LogP contribution in [0.5, 0.6) is 5.75 Å². The molecular formula is C24H28N4O4. The highest BCUT2D eigenvalue weighted by molar-refractivity contribution is 5.99. The number of rotatable bonds is 5. The van der Waals surface area contributed by atoms with E-state index in [0.717, 1.165) is 17.0 Å². The van der Waals surface area contributed by atoms with E-state index in [4.69, 9.17) is 4.74 Å². The third kappa shape index (κ3) is 4.26. The largest absolute Gasteiger partial charge is 0.497 e. The second-order valence-corrected chi connectivity index (χ2v) is 8.35. The van der Waals surface area contributed by atoms with Crippen LogP contribution in [0.2, 0.25) is 0 Å². The van der Waals surface area contributed by atoms with Crippen molar-refractivity contribution in [3.05, 3.63) is 59.7 Å². The molecule has 2 heterocycles. The van der Waals surface area contributed by atoms with Gasteiger partial charge in [-0.1, -0.05) is 12.1 Å². The highest BCUT2D eigenvalue weighted by Gasteiger charge is 2.44. The molecule has 3 amide bonds. The van der Waals surface area contributed by atoms with Crippen molar-refractivity contribution in [2.24, 2.45) is 0 Å². The van der Waals surface area contributed by atoms with Gasteiger partial charge in [-0.05, 0) is 42.0 Å². The van der Waals surface area contributed by atoms with Crippen LogP contribution in [-0.2, 0) is 16.0 Å². The number of carbonyl (C=O) groups is 3. The number of benzene rings is 2.